The van der Waals surface area contributed by atoms with Gasteiger partial charge in [-0.3, -0.25) is 0 Å². The van der Waals surface area contributed by atoms with Crippen molar-refractivity contribution in [2.45, 2.75) is 18.9 Å². The number of nitrogens with one attached hydrogen (secondary N) is 1. The van der Waals surface area contributed by atoms with E-state index in [0.717, 1.165) is 16.6 Å². The molecule has 1 aromatic carbocycles. The molecule has 3 N–H and O–H groups in total. The SMILES string of the molecule is NCC(Nc1ccc(Cl)cc1)C1CC1. The largest absolute Gasteiger partial charge is 0.381 e. The topological polar surface area (TPSA) is 38.0 Å². The van der Waals surface area contributed by atoms with E-state index in [-0.39, 0.29) is 0 Å². The molecule has 1 aliphatic carbocycles. The minimum absolute atomic E-state index is 0.427. The van der Waals surface area contributed by atoms with E-state index < -0.39 is 0 Å². The fourth-order valence-electron chi connectivity index (χ4n) is 1.63. The van der Waals surface area contributed by atoms with Gasteiger partial charge in [-0.05, 0) is 43.0 Å². The molecule has 2 nitrogen and oxygen atoms in total. The van der Waals surface area contributed by atoms with Crippen LogP contribution in [0.5, 0.6) is 0 Å². The maximum absolute atomic E-state index is 5.80. The highest BCUT2D eigenvalue weighted by Gasteiger charge is 2.29. The molecular weight excluding hydrogens is 196 g/mol. The highest BCUT2D eigenvalue weighted by molar-refractivity contribution is 6.30. The molecule has 0 radical (unpaired) electrons. The Labute approximate surface area is 89.4 Å². The molecule has 14 heavy (non-hydrogen) atoms. The van der Waals surface area contributed by atoms with Gasteiger partial charge in [-0.2, -0.15) is 0 Å². The number of benzene rings is 1. The molecule has 3 heteroatoms. The summed E-state index contributed by atoms with van der Waals surface area (Å²) in [6, 6.07) is 8.20. The molecule has 0 aromatic heterocycles. The van der Waals surface area contributed by atoms with E-state index in [1.165, 1.54) is 12.8 Å². The van der Waals surface area contributed by atoms with E-state index in [1.807, 2.05) is 24.3 Å². The number of hydrogen-bond acceptors (Lipinski definition) is 2. The lowest BCUT2D eigenvalue weighted by Gasteiger charge is -2.17. The van der Waals surface area contributed by atoms with Crippen LogP contribution in [0.15, 0.2) is 24.3 Å². The van der Waals surface area contributed by atoms with Crippen molar-refractivity contribution >= 4 is 17.3 Å². The summed E-state index contributed by atoms with van der Waals surface area (Å²) in [4.78, 5) is 0. The Morgan fingerprint density at radius 1 is 1.36 bits per heavy atom. The van der Waals surface area contributed by atoms with E-state index in [2.05, 4.69) is 5.32 Å². The lowest BCUT2D eigenvalue weighted by molar-refractivity contribution is 0.645. The second-order valence-electron chi connectivity index (χ2n) is 3.83. The van der Waals surface area contributed by atoms with Gasteiger partial charge in [-0.1, -0.05) is 11.6 Å². The minimum atomic E-state index is 0.427. The van der Waals surface area contributed by atoms with Crippen molar-refractivity contribution in [1.82, 2.24) is 0 Å². The van der Waals surface area contributed by atoms with Gasteiger partial charge in [-0.15, -0.1) is 0 Å². The van der Waals surface area contributed by atoms with Gasteiger partial charge in [-0.25, -0.2) is 0 Å². The van der Waals surface area contributed by atoms with Gasteiger partial charge in [0.25, 0.3) is 0 Å². The molecule has 0 amide bonds. The Balaban J connectivity index is 1.98. The summed E-state index contributed by atoms with van der Waals surface area (Å²) in [7, 11) is 0. The summed E-state index contributed by atoms with van der Waals surface area (Å²) >= 11 is 5.80. The quantitative estimate of drug-likeness (QED) is 0.802. The first-order valence-corrected chi connectivity index (χ1v) is 5.39. The molecule has 1 atom stereocenters. The molecule has 0 heterocycles. The molecule has 0 aliphatic heterocycles. The first kappa shape index (κ1) is 9.81. The second-order valence-corrected chi connectivity index (χ2v) is 4.27. The lowest BCUT2D eigenvalue weighted by Crippen LogP contribution is -2.30. The van der Waals surface area contributed by atoms with Crippen molar-refractivity contribution in [1.29, 1.82) is 0 Å². The van der Waals surface area contributed by atoms with Crippen LogP contribution in [-0.2, 0) is 0 Å². The van der Waals surface area contributed by atoms with Crippen LogP contribution >= 0.6 is 11.6 Å². The van der Waals surface area contributed by atoms with Crippen LogP contribution in [0.2, 0.25) is 5.02 Å². The summed E-state index contributed by atoms with van der Waals surface area (Å²) in [6.07, 6.45) is 2.62. The van der Waals surface area contributed by atoms with Gasteiger partial charge in [0, 0.05) is 23.3 Å². The smallest absolute Gasteiger partial charge is 0.0411 e. The average molecular weight is 211 g/mol. The zero-order valence-electron chi connectivity index (χ0n) is 8.04. The molecule has 0 saturated heterocycles. The molecule has 1 aliphatic rings. The highest BCUT2D eigenvalue weighted by atomic mass is 35.5. The minimum Gasteiger partial charge on any atom is -0.381 e. The van der Waals surface area contributed by atoms with Crippen molar-refractivity contribution in [2.75, 3.05) is 11.9 Å². The number of halogens is 1. The molecule has 0 bridgehead atoms. The number of anilines is 1. The summed E-state index contributed by atoms with van der Waals surface area (Å²) in [5, 5.41) is 4.20. The van der Waals surface area contributed by atoms with Gasteiger partial charge in [0.1, 0.15) is 0 Å². The van der Waals surface area contributed by atoms with Crippen molar-refractivity contribution in [3.8, 4) is 0 Å². The first-order chi connectivity index (χ1) is 6.79. The zero-order chi connectivity index (χ0) is 9.97. The first-order valence-electron chi connectivity index (χ1n) is 5.02. The maximum Gasteiger partial charge on any atom is 0.0411 e. The fourth-order valence-corrected chi connectivity index (χ4v) is 1.75. The van der Waals surface area contributed by atoms with Crippen LogP contribution in [0.3, 0.4) is 0 Å². The third-order valence-electron chi connectivity index (χ3n) is 2.64. The molecule has 76 valence electrons. The zero-order valence-corrected chi connectivity index (χ0v) is 8.80. The molecular formula is C11H15ClN2. The summed E-state index contributed by atoms with van der Waals surface area (Å²) in [5.74, 6) is 0.774. The van der Waals surface area contributed by atoms with Crippen molar-refractivity contribution < 1.29 is 0 Å². The molecule has 1 unspecified atom stereocenters. The predicted molar refractivity (Wildman–Crippen MR) is 60.6 cm³/mol. The highest BCUT2D eigenvalue weighted by Crippen LogP contribution is 2.33. The Morgan fingerprint density at radius 2 is 2.00 bits per heavy atom. The Hall–Kier alpha value is -0.730. The van der Waals surface area contributed by atoms with Gasteiger partial charge in [0.2, 0.25) is 0 Å². The van der Waals surface area contributed by atoms with E-state index in [9.17, 15) is 0 Å². The van der Waals surface area contributed by atoms with Crippen molar-refractivity contribution in [3.63, 3.8) is 0 Å². The van der Waals surface area contributed by atoms with Gasteiger partial charge < -0.3 is 11.1 Å². The lowest BCUT2D eigenvalue weighted by atomic mass is 10.1. The number of rotatable bonds is 4. The fraction of sp³-hybridized carbons (Fsp3) is 0.455. The summed E-state index contributed by atoms with van der Waals surface area (Å²) in [6.45, 7) is 0.702. The van der Waals surface area contributed by atoms with Gasteiger partial charge in [0.05, 0.1) is 0 Å². The van der Waals surface area contributed by atoms with E-state index in [4.69, 9.17) is 17.3 Å². The monoisotopic (exact) mass is 210 g/mol. The van der Waals surface area contributed by atoms with Gasteiger partial charge >= 0.3 is 0 Å². The molecule has 1 aromatic rings. The van der Waals surface area contributed by atoms with Crippen LogP contribution in [0.25, 0.3) is 0 Å². The standard InChI is InChI=1S/C11H15ClN2/c12-9-3-5-10(6-4-9)14-11(7-13)8-1-2-8/h3-6,8,11,14H,1-2,7,13H2. The molecule has 0 spiro atoms. The molecule has 1 fully saturated rings. The Bertz CT molecular complexity index is 293. The summed E-state index contributed by atoms with van der Waals surface area (Å²) in [5.41, 5.74) is 6.81. The van der Waals surface area contributed by atoms with Gasteiger partial charge in [0.15, 0.2) is 0 Å². The van der Waals surface area contributed by atoms with Crippen molar-refractivity contribution in [2.24, 2.45) is 11.7 Å². The van der Waals surface area contributed by atoms with E-state index >= 15 is 0 Å². The Kier molecular flexibility index (Phi) is 2.94. The Morgan fingerprint density at radius 3 is 2.50 bits per heavy atom. The average Bonchev–Trinajstić information content (AvgIpc) is 3.01. The van der Waals surface area contributed by atoms with Crippen LogP contribution in [0, 0.1) is 5.92 Å². The molecule has 2 rings (SSSR count). The third kappa shape index (κ3) is 2.40. The molecule has 1 saturated carbocycles. The van der Waals surface area contributed by atoms with E-state index in [0.29, 0.717) is 12.6 Å². The second kappa shape index (κ2) is 4.20. The maximum atomic E-state index is 5.80. The van der Waals surface area contributed by atoms with Crippen molar-refractivity contribution in [3.05, 3.63) is 29.3 Å². The van der Waals surface area contributed by atoms with Crippen LogP contribution in [0.1, 0.15) is 12.8 Å². The normalized spacial score (nSPS) is 17.9. The van der Waals surface area contributed by atoms with Crippen LogP contribution < -0.4 is 11.1 Å². The third-order valence-corrected chi connectivity index (χ3v) is 2.89. The number of hydrogen-bond donors (Lipinski definition) is 2. The summed E-state index contributed by atoms with van der Waals surface area (Å²) < 4.78 is 0. The number of nitrogens with two attached hydrogens (primary N) is 1. The van der Waals surface area contributed by atoms with E-state index in [1.54, 1.807) is 0 Å². The van der Waals surface area contributed by atoms with Crippen LogP contribution in [0.4, 0.5) is 5.69 Å². The van der Waals surface area contributed by atoms with Crippen LogP contribution in [-0.4, -0.2) is 12.6 Å². The predicted octanol–water partition coefficient (Wildman–Crippen LogP) is 2.49.